The molecule has 0 atom stereocenters. The van der Waals surface area contributed by atoms with Gasteiger partial charge in [-0.25, -0.2) is 8.78 Å². The molecule has 0 radical (unpaired) electrons. The Kier molecular flexibility index (Phi) is 4.95. The third-order valence-electron chi connectivity index (χ3n) is 5.59. The van der Waals surface area contributed by atoms with E-state index >= 15 is 0 Å². The fraction of sp³-hybridized carbons (Fsp3) is 0.579. The Balaban J connectivity index is 1.14. The van der Waals surface area contributed by atoms with Gasteiger partial charge in [-0.15, -0.1) is 0 Å². The van der Waals surface area contributed by atoms with E-state index in [0.29, 0.717) is 32.1 Å². The van der Waals surface area contributed by atoms with Crippen LogP contribution in [0.4, 0.5) is 8.78 Å². The van der Waals surface area contributed by atoms with Gasteiger partial charge in [-0.1, -0.05) is 11.6 Å². The van der Waals surface area contributed by atoms with Crippen molar-refractivity contribution < 1.29 is 27.8 Å². The summed E-state index contributed by atoms with van der Waals surface area (Å²) in [7, 11) is 0. The van der Waals surface area contributed by atoms with E-state index in [1.165, 1.54) is 12.1 Å². The van der Waals surface area contributed by atoms with Gasteiger partial charge in [-0.3, -0.25) is 9.59 Å². The van der Waals surface area contributed by atoms with Crippen LogP contribution in [-0.2, 0) is 14.3 Å². The van der Waals surface area contributed by atoms with Crippen LogP contribution in [0.5, 0.6) is 5.75 Å². The summed E-state index contributed by atoms with van der Waals surface area (Å²) in [6, 6.07) is 3.98. The molecule has 5 rings (SSSR count). The van der Waals surface area contributed by atoms with Crippen LogP contribution in [-0.4, -0.2) is 48.4 Å². The average Bonchev–Trinajstić information content (AvgIpc) is 2.55. The van der Waals surface area contributed by atoms with Crippen LogP contribution in [0.3, 0.4) is 0 Å². The Morgan fingerprint density at radius 1 is 1.11 bits per heavy atom. The number of ether oxygens (including phenoxy) is 2. The van der Waals surface area contributed by atoms with E-state index in [2.05, 4.69) is 10.6 Å². The number of rotatable bonds is 8. The van der Waals surface area contributed by atoms with Gasteiger partial charge in [0.05, 0.1) is 11.1 Å². The Labute approximate surface area is 165 Å². The number of alkyl halides is 1. The predicted octanol–water partition coefficient (Wildman–Crippen LogP) is 2.28. The molecule has 0 aromatic heterocycles. The van der Waals surface area contributed by atoms with Crippen LogP contribution < -0.4 is 15.4 Å². The molecule has 0 aliphatic heterocycles. The highest BCUT2D eigenvalue weighted by molar-refractivity contribution is 6.30. The minimum Gasteiger partial charge on any atom is -0.484 e. The van der Waals surface area contributed by atoms with Crippen LogP contribution in [0.25, 0.3) is 0 Å². The summed E-state index contributed by atoms with van der Waals surface area (Å²) in [5, 5.41) is 5.85. The quantitative estimate of drug-likeness (QED) is 0.684. The summed E-state index contributed by atoms with van der Waals surface area (Å²) in [6.45, 7) is -0.295. The number of halogens is 3. The molecular formula is C19H21ClF2N2O4. The van der Waals surface area contributed by atoms with Crippen LogP contribution in [0.1, 0.15) is 32.1 Å². The highest BCUT2D eigenvalue weighted by Gasteiger charge is 2.69. The predicted molar refractivity (Wildman–Crippen MR) is 96.4 cm³/mol. The molecule has 0 heterocycles. The fourth-order valence-electron chi connectivity index (χ4n) is 4.26. The standard InChI is InChI=1S/C19H21ClF2N2O4/c20-14-2-1-12(5-15(14)22)27-6-16(25)23-18-8-19(9-18,10-18)24-17(26)7-28-13-3-11(21)4-13/h1-2,5,11,13H,3-4,6-10H2,(H,23,25)(H,24,26). The second-order valence-electron chi connectivity index (χ2n) is 8.05. The second kappa shape index (κ2) is 7.15. The zero-order valence-electron chi connectivity index (χ0n) is 15.1. The molecule has 152 valence electrons. The van der Waals surface area contributed by atoms with Crippen molar-refractivity contribution >= 4 is 23.4 Å². The van der Waals surface area contributed by atoms with Crippen molar-refractivity contribution in [2.45, 2.75) is 55.5 Å². The maximum atomic E-state index is 13.4. The van der Waals surface area contributed by atoms with Crippen molar-refractivity contribution in [2.24, 2.45) is 0 Å². The van der Waals surface area contributed by atoms with Crippen LogP contribution in [0.2, 0.25) is 5.02 Å². The topological polar surface area (TPSA) is 76.7 Å². The fourth-order valence-corrected chi connectivity index (χ4v) is 4.38. The summed E-state index contributed by atoms with van der Waals surface area (Å²) in [6.07, 6.45) is 1.72. The van der Waals surface area contributed by atoms with Crippen molar-refractivity contribution in [3.8, 4) is 5.75 Å². The molecule has 4 aliphatic carbocycles. The Bertz CT molecular complexity index is 780. The van der Waals surface area contributed by atoms with E-state index in [1.807, 2.05) is 0 Å². The first-order valence-corrected chi connectivity index (χ1v) is 9.60. The summed E-state index contributed by atoms with van der Waals surface area (Å²) < 4.78 is 36.7. The van der Waals surface area contributed by atoms with Crippen molar-refractivity contribution in [3.63, 3.8) is 0 Å². The van der Waals surface area contributed by atoms with Crippen LogP contribution >= 0.6 is 11.6 Å². The van der Waals surface area contributed by atoms with Crippen LogP contribution in [0, 0.1) is 5.82 Å². The number of benzene rings is 1. The summed E-state index contributed by atoms with van der Waals surface area (Å²) in [5.74, 6) is -0.898. The van der Waals surface area contributed by atoms with E-state index in [9.17, 15) is 18.4 Å². The summed E-state index contributed by atoms with van der Waals surface area (Å²) in [4.78, 5) is 24.0. The first-order chi connectivity index (χ1) is 13.3. The molecular weight excluding hydrogens is 394 g/mol. The summed E-state index contributed by atoms with van der Waals surface area (Å²) in [5.41, 5.74) is -0.592. The van der Waals surface area contributed by atoms with Gasteiger partial charge in [0.15, 0.2) is 6.61 Å². The molecule has 28 heavy (non-hydrogen) atoms. The highest BCUT2D eigenvalue weighted by Crippen LogP contribution is 2.60. The molecule has 2 amide bonds. The number of hydrogen-bond donors (Lipinski definition) is 2. The first-order valence-electron chi connectivity index (χ1n) is 9.22. The molecule has 2 N–H and O–H groups in total. The van der Waals surface area contributed by atoms with Gasteiger partial charge in [-0.2, -0.15) is 0 Å². The lowest BCUT2D eigenvalue weighted by molar-refractivity contribution is -0.155. The van der Waals surface area contributed by atoms with Gasteiger partial charge in [0, 0.05) is 30.0 Å². The average molecular weight is 415 g/mol. The minimum atomic E-state index is -0.808. The molecule has 4 fully saturated rings. The van der Waals surface area contributed by atoms with Gasteiger partial charge in [-0.05, 0) is 31.4 Å². The maximum absolute atomic E-state index is 13.4. The number of amides is 2. The Morgan fingerprint density at radius 2 is 1.71 bits per heavy atom. The highest BCUT2D eigenvalue weighted by atomic mass is 35.5. The van der Waals surface area contributed by atoms with Crippen molar-refractivity contribution in [3.05, 3.63) is 29.0 Å². The number of carbonyl (C=O) groups excluding carboxylic acids is 2. The third-order valence-corrected chi connectivity index (χ3v) is 5.89. The minimum absolute atomic E-state index is 0.0114. The SMILES string of the molecule is O=C(COc1ccc(Cl)c(F)c1)NC12CC(NC(=O)COC3CC(F)C3)(C1)C2. The molecule has 2 bridgehead atoms. The molecule has 1 aromatic rings. The zero-order valence-corrected chi connectivity index (χ0v) is 15.9. The van der Waals surface area contributed by atoms with Gasteiger partial charge < -0.3 is 20.1 Å². The Morgan fingerprint density at radius 3 is 2.29 bits per heavy atom. The molecule has 9 heteroatoms. The van der Waals surface area contributed by atoms with Crippen molar-refractivity contribution in [1.82, 2.24) is 10.6 Å². The van der Waals surface area contributed by atoms with Gasteiger partial charge in [0.2, 0.25) is 5.91 Å². The first kappa shape index (κ1) is 19.4. The molecule has 1 aromatic carbocycles. The van der Waals surface area contributed by atoms with Crippen molar-refractivity contribution in [1.29, 1.82) is 0 Å². The maximum Gasteiger partial charge on any atom is 0.258 e. The smallest absolute Gasteiger partial charge is 0.258 e. The lowest BCUT2D eigenvalue weighted by Gasteiger charge is -2.70. The molecule has 0 saturated heterocycles. The number of hydrogen-bond acceptors (Lipinski definition) is 4. The van der Waals surface area contributed by atoms with E-state index in [0.717, 1.165) is 6.07 Å². The molecule has 0 unspecified atom stereocenters. The lowest BCUT2D eigenvalue weighted by atomic mass is 9.44. The van der Waals surface area contributed by atoms with Crippen LogP contribution in [0.15, 0.2) is 18.2 Å². The monoisotopic (exact) mass is 414 g/mol. The molecule has 4 saturated carbocycles. The van der Waals surface area contributed by atoms with E-state index < -0.39 is 12.0 Å². The lowest BCUT2D eigenvalue weighted by Crippen LogP contribution is -2.84. The largest absolute Gasteiger partial charge is 0.484 e. The van der Waals surface area contributed by atoms with Gasteiger partial charge >= 0.3 is 0 Å². The van der Waals surface area contributed by atoms with Gasteiger partial charge in [0.1, 0.15) is 24.3 Å². The van der Waals surface area contributed by atoms with E-state index in [4.69, 9.17) is 21.1 Å². The van der Waals surface area contributed by atoms with Crippen molar-refractivity contribution in [2.75, 3.05) is 13.2 Å². The molecule has 4 aliphatic rings. The normalized spacial score (nSPS) is 32.4. The molecule has 6 nitrogen and oxygen atoms in total. The Hall–Kier alpha value is -1.93. The summed E-state index contributed by atoms with van der Waals surface area (Å²) >= 11 is 5.60. The van der Waals surface area contributed by atoms with Gasteiger partial charge in [0.25, 0.3) is 5.91 Å². The van der Waals surface area contributed by atoms with E-state index in [1.54, 1.807) is 0 Å². The number of nitrogens with one attached hydrogen (secondary N) is 2. The number of carbonyl (C=O) groups is 2. The second-order valence-corrected chi connectivity index (χ2v) is 8.46. The third kappa shape index (κ3) is 3.93. The van der Waals surface area contributed by atoms with E-state index in [-0.39, 0.29) is 53.0 Å². The molecule has 0 spiro atoms. The zero-order chi connectivity index (χ0) is 19.9.